The van der Waals surface area contributed by atoms with Crippen LogP contribution in [0.2, 0.25) is 0 Å². The molecule has 0 saturated carbocycles. The van der Waals surface area contributed by atoms with Crippen LogP contribution in [0, 0.1) is 0 Å². The Labute approximate surface area is 202 Å². The highest BCUT2D eigenvalue weighted by Crippen LogP contribution is 2.13. The Kier molecular flexibility index (Phi) is 10.9. The van der Waals surface area contributed by atoms with Gasteiger partial charge in [0.1, 0.15) is 10.7 Å². The van der Waals surface area contributed by atoms with Crippen LogP contribution < -0.4 is 15.6 Å². The summed E-state index contributed by atoms with van der Waals surface area (Å²) in [6.45, 7) is 0.614. The van der Waals surface area contributed by atoms with Crippen LogP contribution in [0.15, 0.2) is 52.6 Å². The van der Waals surface area contributed by atoms with Gasteiger partial charge in [-0.15, -0.1) is 0 Å². The summed E-state index contributed by atoms with van der Waals surface area (Å²) in [4.78, 5) is 30.6. The van der Waals surface area contributed by atoms with Crippen molar-refractivity contribution in [3.63, 3.8) is 0 Å². The van der Waals surface area contributed by atoms with Crippen LogP contribution in [-0.4, -0.2) is 55.7 Å². The molecule has 1 heterocycles. The Morgan fingerprint density at radius 3 is 2.65 bits per heavy atom. The van der Waals surface area contributed by atoms with E-state index in [0.29, 0.717) is 18.8 Å². The van der Waals surface area contributed by atoms with E-state index in [0.717, 1.165) is 12.8 Å². The van der Waals surface area contributed by atoms with Crippen LogP contribution in [-0.2, 0) is 19.6 Å². The molecule has 0 aliphatic heterocycles. The number of anilines is 1. The number of ether oxygens (including phenoxy) is 1. The fraction of sp³-hybridized carbons (Fsp3) is 0.333. The number of nitrogens with zero attached hydrogens (tertiary/aromatic N) is 2. The lowest BCUT2D eigenvalue weighted by Gasteiger charge is -2.17. The largest absolute Gasteiger partial charge is 0.469 e. The van der Waals surface area contributed by atoms with Crippen LogP contribution in [0.3, 0.4) is 0 Å². The van der Waals surface area contributed by atoms with E-state index < -0.39 is 28.0 Å². The van der Waals surface area contributed by atoms with Gasteiger partial charge in [0.15, 0.2) is 0 Å². The van der Waals surface area contributed by atoms with Crippen molar-refractivity contribution in [2.75, 3.05) is 19.1 Å². The van der Waals surface area contributed by atoms with Gasteiger partial charge in [0.25, 0.3) is 16.0 Å². The lowest BCUT2D eigenvalue weighted by Crippen LogP contribution is -2.37. The summed E-state index contributed by atoms with van der Waals surface area (Å²) in [6.07, 6.45) is 4.72. The van der Waals surface area contributed by atoms with E-state index in [9.17, 15) is 22.6 Å². The number of esters is 1. The topological polar surface area (TPSA) is 159 Å². The fourth-order valence-electron chi connectivity index (χ4n) is 2.95. The lowest BCUT2D eigenvalue weighted by molar-refractivity contribution is -0.141. The molecule has 184 valence electrons. The molecule has 34 heavy (non-hydrogen) atoms. The molecular weight excluding hydrogens is 486 g/mol. The van der Waals surface area contributed by atoms with Crippen molar-refractivity contribution in [3.8, 4) is 0 Å². The minimum atomic E-state index is -4.39. The predicted octanol–water partition coefficient (Wildman–Crippen LogP) is 2.35. The predicted molar refractivity (Wildman–Crippen MR) is 127 cm³/mol. The Morgan fingerprint density at radius 1 is 1.24 bits per heavy atom. The number of methoxy groups -OCH3 is 1. The van der Waals surface area contributed by atoms with E-state index >= 15 is 0 Å². The zero-order valence-electron chi connectivity index (χ0n) is 18.4. The minimum absolute atomic E-state index is 0.0450. The van der Waals surface area contributed by atoms with Gasteiger partial charge in [-0.25, -0.2) is 9.82 Å². The Bertz CT molecular complexity index is 1100. The SMILES string of the molecule is COC(=O)CC(CCCCNCl)NC(=O)c1ccc(NN=Cc2ccccc2S(=O)(=O)O)nc1. The molecule has 0 fully saturated rings. The first-order chi connectivity index (χ1) is 16.2. The summed E-state index contributed by atoms with van der Waals surface area (Å²) in [5.74, 6) is -0.516. The molecule has 4 N–H and O–H groups in total. The summed E-state index contributed by atoms with van der Waals surface area (Å²) in [5, 5.41) is 6.74. The number of carbonyl (C=O) groups excluding carboxylic acids is 2. The van der Waals surface area contributed by atoms with E-state index in [2.05, 4.69) is 25.7 Å². The van der Waals surface area contributed by atoms with Crippen LogP contribution in [0.1, 0.15) is 41.6 Å². The fourth-order valence-corrected chi connectivity index (χ4v) is 3.75. The van der Waals surface area contributed by atoms with Gasteiger partial charge in [-0.05, 0) is 42.8 Å². The molecule has 1 atom stereocenters. The van der Waals surface area contributed by atoms with Crippen LogP contribution >= 0.6 is 11.8 Å². The zero-order chi connectivity index (χ0) is 25.0. The summed E-state index contributed by atoms with van der Waals surface area (Å²) in [7, 11) is -3.10. The second-order valence-corrected chi connectivity index (χ2v) is 8.80. The first-order valence-electron chi connectivity index (χ1n) is 10.3. The maximum Gasteiger partial charge on any atom is 0.307 e. The van der Waals surface area contributed by atoms with Gasteiger partial charge in [0, 0.05) is 24.3 Å². The molecule has 11 nitrogen and oxygen atoms in total. The van der Waals surface area contributed by atoms with Crippen LogP contribution in [0.4, 0.5) is 5.82 Å². The van der Waals surface area contributed by atoms with Crippen molar-refractivity contribution < 1.29 is 27.3 Å². The first-order valence-corrected chi connectivity index (χ1v) is 12.1. The molecule has 13 heteroatoms. The molecule has 2 aromatic rings. The van der Waals surface area contributed by atoms with Crippen molar-refractivity contribution in [2.45, 2.75) is 36.6 Å². The number of rotatable bonds is 13. The summed E-state index contributed by atoms with van der Waals surface area (Å²) >= 11 is 5.44. The summed E-state index contributed by atoms with van der Waals surface area (Å²) < 4.78 is 36.8. The van der Waals surface area contributed by atoms with E-state index in [1.807, 2.05) is 0 Å². The number of benzene rings is 1. The average Bonchev–Trinajstić information content (AvgIpc) is 2.81. The van der Waals surface area contributed by atoms with E-state index in [4.69, 9.17) is 16.5 Å². The molecule has 0 bridgehead atoms. The number of hydrogen-bond donors (Lipinski definition) is 4. The van der Waals surface area contributed by atoms with E-state index in [1.165, 1.54) is 49.9 Å². The Morgan fingerprint density at radius 2 is 2.00 bits per heavy atom. The zero-order valence-corrected chi connectivity index (χ0v) is 20.0. The number of hydrogen-bond acceptors (Lipinski definition) is 9. The minimum Gasteiger partial charge on any atom is -0.469 e. The van der Waals surface area contributed by atoms with Gasteiger partial charge in [0.05, 0.1) is 25.3 Å². The third-order valence-corrected chi connectivity index (χ3v) is 5.77. The van der Waals surface area contributed by atoms with Crippen molar-refractivity contribution in [3.05, 3.63) is 53.7 Å². The molecule has 1 amide bonds. The highest BCUT2D eigenvalue weighted by Gasteiger charge is 2.18. The number of carbonyl (C=O) groups is 2. The normalized spacial score (nSPS) is 12.3. The summed E-state index contributed by atoms with van der Waals surface area (Å²) in [6, 6.07) is 8.45. The number of nitrogens with one attached hydrogen (secondary N) is 3. The molecule has 0 saturated heterocycles. The lowest BCUT2D eigenvalue weighted by atomic mass is 10.1. The van der Waals surface area contributed by atoms with E-state index in [-0.39, 0.29) is 22.4 Å². The molecule has 1 unspecified atom stereocenters. The molecule has 0 radical (unpaired) electrons. The standard InChI is InChI=1S/C21H26ClN5O6S/c1-33-20(28)12-17(7-4-5-11-24-22)26-21(29)16-9-10-19(23-13-16)27-25-14-15-6-2-3-8-18(15)34(30,31)32/h2-3,6,8-10,13-14,17,24H,4-5,7,11-12H2,1H3,(H,23,27)(H,26,29)(H,30,31,32). The quantitative estimate of drug-likeness (QED) is 0.0790. The van der Waals surface area contributed by atoms with Crippen LogP contribution in [0.5, 0.6) is 0 Å². The number of aromatic nitrogens is 1. The smallest absolute Gasteiger partial charge is 0.307 e. The maximum absolute atomic E-state index is 12.6. The average molecular weight is 512 g/mol. The van der Waals surface area contributed by atoms with E-state index in [1.54, 1.807) is 6.07 Å². The second kappa shape index (κ2) is 13.6. The van der Waals surface area contributed by atoms with Crippen molar-refractivity contribution >= 4 is 45.8 Å². The number of halogens is 1. The molecule has 0 spiro atoms. The second-order valence-electron chi connectivity index (χ2n) is 7.15. The number of hydrazone groups is 1. The first kappa shape index (κ1) is 27.2. The summed E-state index contributed by atoms with van der Waals surface area (Å²) in [5.41, 5.74) is 3.09. The molecule has 0 aliphatic carbocycles. The van der Waals surface area contributed by atoms with Crippen molar-refractivity contribution in [1.82, 2.24) is 15.1 Å². The number of amides is 1. The van der Waals surface area contributed by atoms with Crippen molar-refractivity contribution in [1.29, 1.82) is 0 Å². The monoisotopic (exact) mass is 511 g/mol. The van der Waals surface area contributed by atoms with Crippen molar-refractivity contribution in [2.24, 2.45) is 5.10 Å². The highest BCUT2D eigenvalue weighted by atomic mass is 35.5. The maximum atomic E-state index is 12.6. The van der Waals surface area contributed by atoms with Gasteiger partial charge in [-0.2, -0.15) is 13.5 Å². The Hall–Kier alpha value is -3.06. The Balaban J connectivity index is 1.99. The third-order valence-electron chi connectivity index (χ3n) is 4.66. The highest BCUT2D eigenvalue weighted by molar-refractivity contribution is 7.86. The molecule has 0 aliphatic rings. The number of unbranched alkanes of at least 4 members (excludes halogenated alkanes) is 1. The van der Waals surface area contributed by atoms with Gasteiger partial charge < -0.3 is 10.1 Å². The van der Waals surface area contributed by atoms with Gasteiger partial charge in [-0.3, -0.25) is 19.6 Å². The third kappa shape index (κ3) is 9.06. The van der Waals surface area contributed by atoms with Gasteiger partial charge in [-0.1, -0.05) is 24.6 Å². The van der Waals surface area contributed by atoms with Crippen LogP contribution in [0.25, 0.3) is 0 Å². The molecule has 1 aromatic carbocycles. The molecule has 1 aromatic heterocycles. The molecular formula is C21H26ClN5O6S. The molecule has 2 rings (SSSR count). The van der Waals surface area contributed by atoms with Gasteiger partial charge in [0.2, 0.25) is 0 Å². The number of pyridine rings is 1. The van der Waals surface area contributed by atoms with Gasteiger partial charge >= 0.3 is 5.97 Å².